The zero-order valence-corrected chi connectivity index (χ0v) is 36.6. The Morgan fingerprint density at radius 1 is 0.797 bits per heavy atom. The van der Waals surface area contributed by atoms with E-state index in [0.717, 1.165) is 38.9 Å². The number of amides is 3. The van der Waals surface area contributed by atoms with E-state index < -0.39 is 36.1 Å². The van der Waals surface area contributed by atoms with Crippen molar-refractivity contribution in [3.63, 3.8) is 0 Å². The molecule has 3 amide bonds. The summed E-state index contributed by atoms with van der Waals surface area (Å²) in [6, 6.07) is 41.3. The molecule has 0 saturated heterocycles. The fourth-order valence-corrected chi connectivity index (χ4v) is 9.01. The van der Waals surface area contributed by atoms with E-state index >= 15 is 0 Å². The molecule has 5 aromatic carbocycles. The van der Waals surface area contributed by atoms with E-state index in [1.54, 1.807) is 11.8 Å². The quantitative estimate of drug-likeness (QED) is 0.0573. The molecule has 1 heterocycles. The molecule has 5 aromatic rings. The molecule has 0 unspecified atom stereocenters. The number of ether oxygens (including phenoxy) is 3. The summed E-state index contributed by atoms with van der Waals surface area (Å²) in [5.74, 6) is -0.405. The molecule has 7 rings (SSSR count). The van der Waals surface area contributed by atoms with Gasteiger partial charge in [0, 0.05) is 23.8 Å². The van der Waals surface area contributed by atoms with Crippen LogP contribution in [-0.2, 0) is 42.6 Å². The zero-order chi connectivity index (χ0) is 44.5. The summed E-state index contributed by atoms with van der Waals surface area (Å²) in [7, 11) is 0. The summed E-state index contributed by atoms with van der Waals surface area (Å²) in [6.45, 7) is 0.121. The van der Waals surface area contributed by atoms with Crippen molar-refractivity contribution in [2.45, 2.75) is 68.5 Å². The van der Waals surface area contributed by atoms with Crippen LogP contribution in [0.2, 0.25) is 0 Å². The summed E-state index contributed by atoms with van der Waals surface area (Å²) >= 11 is 1.58. The highest BCUT2D eigenvalue weighted by Gasteiger charge is 2.31. The molecule has 0 radical (unpaired) electrons. The van der Waals surface area contributed by atoms with E-state index in [-0.39, 0.29) is 56.8 Å². The zero-order valence-electron chi connectivity index (χ0n) is 35.7. The number of esters is 1. The van der Waals surface area contributed by atoms with Crippen LogP contribution in [0.25, 0.3) is 11.1 Å². The smallest absolute Gasteiger partial charge is 0.407 e. The Kier molecular flexibility index (Phi) is 16.7. The molecule has 0 spiro atoms. The molecular formula is C52H55N3O8S. The number of benzene rings is 5. The highest BCUT2D eigenvalue weighted by Crippen LogP contribution is 2.44. The average Bonchev–Trinajstić information content (AvgIpc) is 3.65. The van der Waals surface area contributed by atoms with E-state index in [2.05, 4.69) is 28.1 Å². The predicted molar refractivity (Wildman–Crippen MR) is 249 cm³/mol. The van der Waals surface area contributed by atoms with Crippen LogP contribution in [0.15, 0.2) is 146 Å². The van der Waals surface area contributed by atoms with Crippen LogP contribution >= 0.6 is 11.8 Å². The maximum Gasteiger partial charge on any atom is 0.407 e. The molecule has 4 N–H and O–H groups in total. The average molecular weight is 882 g/mol. The van der Waals surface area contributed by atoms with E-state index in [1.165, 1.54) is 0 Å². The van der Waals surface area contributed by atoms with Gasteiger partial charge in [-0.05, 0) is 76.8 Å². The monoisotopic (exact) mass is 881 g/mol. The fourth-order valence-electron chi connectivity index (χ4n) is 8.00. The van der Waals surface area contributed by atoms with Gasteiger partial charge in [-0.15, -0.1) is 0 Å². The van der Waals surface area contributed by atoms with Gasteiger partial charge < -0.3 is 35.3 Å². The second kappa shape index (κ2) is 23.4. The number of cyclic esters (lactones) is 1. The summed E-state index contributed by atoms with van der Waals surface area (Å²) in [5, 5.41) is 19.0. The first-order chi connectivity index (χ1) is 31.3. The van der Waals surface area contributed by atoms with Gasteiger partial charge in [0.05, 0.1) is 24.6 Å². The number of carbonyl (C=O) groups excluding carboxylic acids is 4. The molecule has 11 nitrogen and oxygen atoms in total. The highest BCUT2D eigenvalue weighted by atomic mass is 32.2. The van der Waals surface area contributed by atoms with Crippen molar-refractivity contribution < 1.29 is 38.5 Å². The van der Waals surface area contributed by atoms with Crippen LogP contribution in [-0.4, -0.2) is 72.7 Å². The first-order valence-corrected chi connectivity index (χ1v) is 23.0. The van der Waals surface area contributed by atoms with Gasteiger partial charge in [0.2, 0.25) is 11.8 Å². The predicted octanol–water partition coefficient (Wildman–Crippen LogP) is 7.90. The summed E-state index contributed by atoms with van der Waals surface area (Å²) in [5.41, 5.74) is 7.47. The SMILES string of the molecule is O=C(C[C@H]1CC=CCC[C@H](NC(=O)OCC2c3ccccc3-c3ccccc32)C(=O)OC[C@H](CSCc2ccccc2)NC1=O)N[C@H](CO)Cc1ccc(OCc2ccccc2)cc1. The number of carbonyl (C=O) groups is 4. The lowest BCUT2D eigenvalue weighted by atomic mass is 9.98. The Morgan fingerprint density at radius 3 is 2.14 bits per heavy atom. The summed E-state index contributed by atoms with van der Waals surface area (Å²) in [4.78, 5) is 54.4. The molecule has 0 bridgehead atoms. The van der Waals surface area contributed by atoms with Crippen LogP contribution in [0, 0.1) is 5.92 Å². The van der Waals surface area contributed by atoms with E-state index in [4.69, 9.17) is 14.2 Å². The molecule has 1 aliphatic carbocycles. The maximum absolute atomic E-state index is 13.9. The molecular weight excluding hydrogens is 827 g/mol. The van der Waals surface area contributed by atoms with Crippen molar-refractivity contribution >= 4 is 35.6 Å². The molecule has 332 valence electrons. The molecule has 1 aliphatic heterocycles. The van der Waals surface area contributed by atoms with Crippen molar-refractivity contribution in [1.29, 1.82) is 0 Å². The number of aliphatic hydroxyl groups excluding tert-OH is 1. The van der Waals surface area contributed by atoms with Gasteiger partial charge in [-0.3, -0.25) is 9.59 Å². The van der Waals surface area contributed by atoms with Gasteiger partial charge in [-0.25, -0.2) is 9.59 Å². The molecule has 2 aliphatic rings. The summed E-state index contributed by atoms with van der Waals surface area (Å²) in [6.07, 6.45) is 4.10. The Morgan fingerprint density at radius 2 is 1.45 bits per heavy atom. The number of thioether (sulfide) groups is 1. The molecule has 0 aromatic heterocycles. The first kappa shape index (κ1) is 45.6. The second-order valence-electron chi connectivity index (χ2n) is 16.1. The van der Waals surface area contributed by atoms with Crippen molar-refractivity contribution in [3.8, 4) is 16.9 Å². The minimum Gasteiger partial charge on any atom is -0.489 e. The minimum absolute atomic E-state index is 0.0976. The first-order valence-electron chi connectivity index (χ1n) is 21.8. The number of nitrogens with one attached hydrogen (secondary N) is 3. The lowest BCUT2D eigenvalue weighted by Crippen LogP contribution is -2.47. The molecule has 12 heteroatoms. The largest absolute Gasteiger partial charge is 0.489 e. The Bertz CT molecular complexity index is 2300. The van der Waals surface area contributed by atoms with Crippen LogP contribution in [0.5, 0.6) is 5.75 Å². The van der Waals surface area contributed by atoms with Gasteiger partial charge in [0.25, 0.3) is 0 Å². The number of fused-ring (bicyclic) bond motifs is 3. The van der Waals surface area contributed by atoms with E-state index in [0.29, 0.717) is 36.7 Å². The topological polar surface area (TPSA) is 152 Å². The number of hydrogen-bond acceptors (Lipinski definition) is 9. The van der Waals surface area contributed by atoms with E-state index in [1.807, 2.05) is 133 Å². The van der Waals surface area contributed by atoms with Crippen molar-refractivity contribution in [2.24, 2.45) is 5.92 Å². The van der Waals surface area contributed by atoms with Crippen molar-refractivity contribution in [2.75, 3.05) is 25.6 Å². The number of alkyl carbamates (subject to hydrolysis) is 1. The normalized spacial score (nSPS) is 18.1. The number of rotatable bonds is 16. The van der Waals surface area contributed by atoms with Crippen LogP contribution in [0.3, 0.4) is 0 Å². The lowest BCUT2D eigenvalue weighted by Gasteiger charge is -2.24. The molecule has 0 saturated carbocycles. The van der Waals surface area contributed by atoms with Gasteiger partial charge in [-0.2, -0.15) is 11.8 Å². The Balaban J connectivity index is 0.965. The third kappa shape index (κ3) is 13.1. The molecule has 0 fully saturated rings. The van der Waals surface area contributed by atoms with Crippen molar-refractivity contribution in [3.05, 3.63) is 173 Å². The third-order valence-electron chi connectivity index (χ3n) is 11.4. The maximum atomic E-state index is 13.9. The highest BCUT2D eigenvalue weighted by molar-refractivity contribution is 7.98. The molecule has 4 atom stereocenters. The number of hydrogen-bond donors (Lipinski definition) is 4. The van der Waals surface area contributed by atoms with Crippen LogP contribution < -0.4 is 20.7 Å². The number of aliphatic hydroxyl groups is 1. The van der Waals surface area contributed by atoms with Gasteiger partial charge >= 0.3 is 12.1 Å². The fraction of sp³-hybridized carbons (Fsp3) is 0.308. The van der Waals surface area contributed by atoms with Gasteiger partial charge in [-0.1, -0.05) is 133 Å². The standard InChI is InChI=1S/C52H55N3O8S/c56-30-40(28-36-24-26-42(27-25-36)61-31-37-14-4-1-5-15-37)53-49(57)29-39-18-8-3-9-23-48(51(59)62-32-41(54-50(39)58)35-64-34-38-16-6-2-7-17-38)55-52(60)63-33-47-45-21-12-10-19-43(45)44-20-11-13-22-46(44)47/h1-8,10-17,19-22,24-27,39-41,47-48,56H,9,18,23,28-35H2,(H,53,57)(H,54,58)(H,55,60)/t39-,40+,41-,48+/m1/s1. The minimum atomic E-state index is -0.996. The van der Waals surface area contributed by atoms with Gasteiger partial charge in [0.15, 0.2) is 0 Å². The van der Waals surface area contributed by atoms with Gasteiger partial charge in [0.1, 0.15) is 31.6 Å². The Labute approximate surface area is 379 Å². The Hall–Kier alpha value is -6.37. The lowest BCUT2D eigenvalue weighted by molar-refractivity contribution is -0.147. The van der Waals surface area contributed by atoms with E-state index in [9.17, 15) is 24.3 Å². The second-order valence-corrected chi connectivity index (χ2v) is 17.1. The third-order valence-corrected chi connectivity index (χ3v) is 12.6. The summed E-state index contributed by atoms with van der Waals surface area (Å²) < 4.78 is 17.5. The van der Waals surface area contributed by atoms with Crippen molar-refractivity contribution in [1.82, 2.24) is 16.0 Å². The number of allylic oxidation sites excluding steroid dienone is 2. The van der Waals surface area contributed by atoms with Crippen LogP contribution in [0.1, 0.15) is 59.4 Å². The molecule has 64 heavy (non-hydrogen) atoms. The van der Waals surface area contributed by atoms with Crippen LogP contribution in [0.4, 0.5) is 4.79 Å².